The minimum atomic E-state index is 0.0269. The molecule has 2 aromatic rings. The smallest absolute Gasteiger partial charge is 0.225 e. The highest BCUT2D eigenvalue weighted by Gasteiger charge is 2.07. The number of fused-ring (bicyclic) bond motifs is 1. The summed E-state index contributed by atoms with van der Waals surface area (Å²) in [5.74, 6) is 0.649. The second kappa shape index (κ2) is 4.79. The molecule has 4 heteroatoms. The third kappa shape index (κ3) is 2.21. The molecular weight excluding hydrogens is 202 g/mol. The van der Waals surface area contributed by atoms with Gasteiger partial charge >= 0.3 is 0 Å². The number of amides is 1. The second-order valence-electron chi connectivity index (χ2n) is 3.77. The van der Waals surface area contributed by atoms with Crippen molar-refractivity contribution in [1.29, 1.82) is 0 Å². The Bertz CT molecular complexity index is 490. The Morgan fingerprint density at radius 2 is 2.25 bits per heavy atom. The van der Waals surface area contributed by atoms with Gasteiger partial charge in [0.15, 0.2) is 5.82 Å². The van der Waals surface area contributed by atoms with Gasteiger partial charge in [-0.05, 0) is 18.6 Å². The van der Waals surface area contributed by atoms with Gasteiger partial charge in [0.2, 0.25) is 5.91 Å². The molecule has 1 aromatic carbocycles. The van der Waals surface area contributed by atoms with Gasteiger partial charge in [-0.15, -0.1) is 0 Å². The highest BCUT2D eigenvalue weighted by molar-refractivity contribution is 5.99. The van der Waals surface area contributed by atoms with Gasteiger partial charge in [0, 0.05) is 11.8 Å². The van der Waals surface area contributed by atoms with Gasteiger partial charge in [0.1, 0.15) is 0 Å². The van der Waals surface area contributed by atoms with Crippen LogP contribution in [0.15, 0.2) is 24.3 Å². The Balaban J connectivity index is 2.12. The predicted octanol–water partition coefficient (Wildman–Crippen LogP) is 2.69. The van der Waals surface area contributed by atoms with E-state index < -0.39 is 0 Å². The Labute approximate surface area is 94.0 Å². The number of unbranched alkanes of at least 4 members (excludes halogenated alkanes) is 1. The maximum atomic E-state index is 11.5. The SMILES string of the molecule is CCCCC(=O)Nc1n[nH]c2ccccc12. The summed E-state index contributed by atoms with van der Waals surface area (Å²) in [5, 5.41) is 10.7. The van der Waals surface area contributed by atoms with Gasteiger partial charge in [-0.3, -0.25) is 9.89 Å². The summed E-state index contributed by atoms with van der Waals surface area (Å²) in [7, 11) is 0. The normalized spacial score (nSPS) is 10.6. The van der Waals surface area contributed by atoms with Crippen LogP contribution in [-0.2, 0) is 4.79 Å². The van der Waals surface area contributed by atoms with Gasteiger partial charge < -0.3 is 5.32 Å². The van der Waals surface area contributed by atoms with Crippen LogP contribution in [0.3, 0.4) is 0 Å². The average molecular weight is 217 g/mol. The average Bonchev–Trinajstić information content (AvgIpc) is 2.70. The van der Waals surface area contributed by atoms with Crippen LogP contribution in [0, 0.1) is 0 Å². The van der Waals surface area contributed by atoms with Crippen LogP contribution < -0.4 is 5.32 Å². The minimum Gasteiger partial charge on any atom is -0.309 e. The largest absolute Gasteiger partial charge is 0.309 e. The van der Waals surface area contributed by atoms with Gasteiger partial charge in [-0.2, -0.15) is 5.10 Å². The van der Waals surface area contributed by atoms with E-state index in [9.17, 15) is 4.79 Å². The first kappa shape index (κ1) is 10.7. The zero-order valence-corrected chi connectivity index (χ0v) is 9.29. The lowest BCUT2D eigenvalue weighted by atomic mass is 10.2. The number of anilines is 1. The third-order valence-corrected chi connectivity index (χ3v) is 2.49. The van der Waals surface area contributed by atoms with Gasteiger partial charge in [-0.1, -0.05) is 25.5 Å². The Morgan fingerprint density at radius 3 is 3.06 bits per heavy atom. The van der Waals surface area contributed by atoms with Crippen molar-refractivity contribution in [3.63, 3.8) is 0 Å². The van der Waals surface area contributed by atoms with E-state index in [-0.39, 0.29) is 5.91 Å². The van der Waals surface area contributed by atoms with Crippen molar-refractivity contribution in [3.05, 3.63) is 24.3 Å². The zero-order chi connectivity index (χ0) is 11.4. The standard InChI is InChI=1S/C12H15N3O/c1-2-3-8-11(16)13-12-9-6-4-5-7-10(9)14-15-12/h4-7H,2-3,8H2,1H3,(H2,13,14,15,16). The number of hydrogen-bond donors (Lipinski definition) is 2. The topological polar surface area (TPSA) is 57.8 Å². The minimum absolute atomic E-state index is 0.0269. The number of aromatic nitrogens is 2. The van der Waals surface area contributed by atoms with E-state index >= 15 is 0 Å². The van der Waals surface area contributed by atoms with Crippen molar-refractivity contribution >= 4 is 22.6 Å². The van der Waals surface area contributed by atoms with Crippen LogP contribution >= 0.6 is 0 Å². The predicted molar refractivity (Wildman–Crippen MR) is 64.2 cm³/mol. The van der Waals surface area contributed by atoms with Crippen LogP contribution in [0.25, 0.3) is 10.9 Å². The van der Waals surface area contributed by atoms with Gasteiger partial charge in [-0.25, -0.2) is 0 Å². The number of nitrogens with one attached hydrogen (secondary N) is 2. The lowest BCUT2D eigenvalue weighted by Gasteiger charge is -2.00. The Kier molecular flexibility index (Phi) is 3.19. The van der Waals surface area contributed by atoms with Crippen LogP contribution in [0.4, 0.5) is 5.82 Å². The third-order valence-electron chi connectivity index (χ3n) is 2.49. The molecular formula is C12H15N3O. The first-order valence-corrected chi connectivity index (χ1v) is 5.54. The van der Waals surface area contributed by atoms with E-state index in [0.29, 0.717) is 12.2 Å². The molecule has 0 aliphatic rings. The number of hydrogen-bond acceptors (Lipinski definition) is 2. The van der Waals surface area contributed by atoms with Crippen LogP contribution in [0.2, 0.25) is 0 Å². The molecule has 0 saturated carbocycles. The number of carbonyl (C=O) groups excluding carboxylic acids is 1. The fourth-order valence-electron chi connectivity index (χ4n) is 1.59. The molecule has 0 unspecified atom stereocenters. The summed E-state index contributed by atoms with van der Waals surface area (Å²) in [6, 6.07) is 7.74. The van der Waals surface area contributed by atoms with Gasteiger partial charge in [0.25, 0.3) is 0 Å². The zero-order valence-electron chi connectivity index (χ0n) is 9.29. The van der Waals surface area contributed by atoms with Crippen molar-refractivity contribution in [2.45, 2.75) is 26.2 Å². The molecule has 2 rings (SSSR count). The highest BCUT2D eigenvalue weighted by Crippen LogP contribution is 2.19. The van der Waals surface area contributed by atoms with E-state index in [2.05, 4.69) is 22.4 Å². The van der Waals surface area contributed by atoms with E-state index in [4.69, 9.17) is 0 Å². The summed E-state index contributed by atoms with van der Waals surface area (Å²) in [5.41, 5.74) is 0.938. The molecule has 4 nitrogen and oxygen atoms in total. The van der Waals surface area contributed by atoms with E-state index in [0.717, 1.165) is 23.7 Å². The number of rotatable bonds is 4. The number of benzene rings is 1. The van der Waals surface area contributed by atoms with Crippen LogP contribution in [-0.4, -0.2) is 16.1 Å². The number of aromatic amines is 1. The van der Waals surface area contributed by atoms with Crippen LogP contribution in [0.1, 0.15) is 26.2 Å². The summed E-state index contributed by atoms with van der Waals surface area (Å²) in [6.45, 7) is 2.07. The first-order chi connectivity index (χ1) is 7.81. The number of carbonyl (C=O) groups is 1. The first-order valence-electron chi connectivity index (χ1n) is 5.54. The monoisotopic (exact) mass is 217 g/mol. The van der Waals surface area contributed by atoms with Crippen molar-refractivity contribution in [1.82, 2.24) is 10.2 Å². The summed E-state index contributed by atoms with van der Waals surface area (Å²) >= 11 is 0. The van der Waals surface area contributed by atoms with Gasteiger partial charge in [0.05, 0.1) is 5.52 Å². The molecule has 0 atom stereocenters. The van der Waals surface area contributed by atoms with Crippen molar-refractivity contribution in [3.8, 4) is 0 Å². The molecule has 0 aliphatic carbocycles. The fourth-order valence-corrected chi connectivity index (χ4v) is 1.59. The van der Waals surface area contributed by atoms with E-state index in [1.165, 1.54) is 0 Å². The van der Waals surface area contributed by atoms with Crippen molar-refractivity contribution in [2.75, 3.05) is 5.32 Å². The van der Waals surface area contributed by atoms with Crippen molar-refractivity contribution in [2.24, 2.45) is 0 Å². The molecule has 1 aromatic heterocycles. The summed E-state index contributed by atoms with van der Waals surface area (Å²) < 4.78 is 0. The Morgan fingerprint density at radius 1 is 1.44 bits per heavy atom. The fraction of sp³-hybridized carbons (Fsp3) is 0.333. The number of nitrogens with zero attached hydrogens (tertiary/aromatic N) is 1. The second-order valence-corrected chi connectivity index (χ2v) is 3.77. The van der Waals surface area contributed by atoms with E-state index in [1.54, 1.807) is 0 Å². The molecule has 84 valence electrons. The molecule has 0 spiro atoms. The maximum Gasteiger partial charge on any atom is 0.225 e. The molecule has 0 bridgehead atoms. The molecule has 16 heavy (non-hydrogen) atoms. The number of H-pyrrole nitrogens is 1. The molecule has 0 fully saturated rings. The van der Waals surface area contributed by atoms with E-state index in [1.807, 2.05) is 24.3 Å². The summed E-state index contributed by atoms with van der Waals surface area (Å²) in [6.07, 6.45) is 2.49. The molecule has 1 amide bonds. The maximum absolute atomic E-state index is 11.5. The lowest BCUT2D eigenvalue weighted by molar-refractivity contribution is -0.116. The quantitative estimate of drug-likeness (QED) is 0.827. The molecule has 0 aliphatic heterocycles. The lowest BCUT2D eigenvalue weighted by Crippen LogP contribution is -2.11. The van der Waals surface area contributed by atoms with Crippen LogP contribution in [0.5, 0.6) is 0 Å². The Hall–Kier alpha value is -1.84. The molecule has 0 saturated heterocycles. The van der Waals surface area contributed by atoms with Crippen molar-refractivity contribution < 1.29 is 4.79 Å². The molecule has 2 N–H and O–H groups in total. The highest BCUT2D eigenvalue weighted by atomic mass is 16.1. The summed E-state index contributed by atoms with van der Waals surface area (Å²) in [4.78, 5) is 11.5. The molecule has 0 radical (unpaired) electrons. The number of para-hydroxylation sites is 1. The molecule has 1 heterocycles.